The molecule has 104 valence electrons. The second kappa shape index (κ2) is 7.19. The lowest BCUT2D eigenvalue weighted by Crippen LogP contribution is -2.24. The Morgan fingerprint density at radius 3 is 2.44 bits per heavy atom. The molecule has 1 aromatic heterocycles. The minimum Gasteiger partial charge on any atom is -0.309 e. The maximum absolute atomic E-state index is 4.51. The van der Waals surface area contributed by atoms with Crippen molar-refractivity contribution in [1.82, 2.24) is 15.1 Å². The molecule has 0 bridgehead atoms. The second-order valence-corrected chi connectivity index (χ2v) is 6.73. The molecule has 0 aliphatic carbocycles. The van der Waals surface area contributed by atoms with Gasteiger partial charge in [-0.15, -0.1) is 0 Å². The molecule has 0 fully saturated rings. The number of thioether (sulfide) groups is 1. The first-order valence-electron chi connectivity index (χ1n) is 6.82. The van der Waals surface area contributed by atoms with Crippen LogP contribution in [-0.2, 0) is 7.05 Å². The highest BCUT2D eigenvalue weighted by atomic mass is 32.2. The molecule has 0 saturated heterocycles. The predicted octanol–water partition coefficient (Wildman–Crippen LogP) is 3.22. The third kappa shape index (κ3) is 4.02. The zero-order valence-corrected chi connectivity index (χ0v) is 13.4. The summed E-state index contributed by atoms with van der Waals surface area (Å²) in [6.07, 6.45) is 1.11. The number of nitrogens with zero attached hydrogens (tertiary/aromatic N) is 2. The summed E-state index contributed by atoms with van der Waals surface area (Å²) in [5.41, 5.74) is 3.82. The number of nitrogens with one attached hydrogen (secondary N) is 1. The van der Waals surface area contributed by atoms with Crippen LogP contribution in [0.25, 0.3) is 0 Å². The molecular weight excluding hydrogens is 242 g/mol. The molecule has 1 N–H and O–H groups in total. The number of hydrogen-bond acceptors (Lipinski definition) is 3. The smallest absolute Gasteiger partial charge is 0.0644 e. The fraction of sp³-hybridized carbons (Fsp3) is 0.786. The predicted molar refractivity (Wildman–Crippen MR) is 81.3 cm³/mol. The molecule has 3 nitrogen and oxygen atoms in total. The van der Waals surface area contributed by atoms with Crippen molar-refractivity contribution in [2.24, 2.45) is 7.05 Å². The van der Waals surface area contributed by atoms with Crippen LogP contribution in [0.15, 0.2) is 0 Å². The fourth-order valence-corrected chi connectivity index (χ4v) is 2.98. The summed E-state index contributed by atoms with van der Waals surface area (Å²) in [5.74, 6) is 1.17. The van der Waals surface area contributed by atoms with E-state index < -0.39 is 0 Å². The summed E-state index contributed by atoms with van der Waals surface area (Å²) < 4.78 is 1.98. The van der Waals surface area contributed by atoms with Gasteiger partial charge in [0.25, 0.3) is 0 Å². The first-order valence-corrected chi connectivity index (χ1v) is 7.87. The molecular formula is C14H27N3S. The first kappa shape index (κ1) is 15.6. The van der Waals surface area contributed by atoms with Gasteiger partial charge >= 0.3 is 0 Å². The molecule has 0 radical (unpaired) electrons. The molecule has 4 heteroatoms. The summed E-state index contributed by atoms with van der Waals surface area (Å²) in [6, 6.07) is 0.437. The van der Waals surface area contributed by atoms with Crippen LogP contribution in [0.4, 0.5) is 0 Å². The molecule has 0 amide bonds. The molecule has 18 heavy (non-hydrogen) atoms. The Labute approximate surface area is 116 Å². The fourth-order valence-electron chi connectivity index (χ4n) is 2.27. The average molecular weight is 269 g/mol. The quantitative estimate of drug-likeness (QED) is 0.771. The lowest BCUT2D eigenvalue weighted by molar-refractivity contribution is 0.534. The highest BCUT2D eigenvalue weighted by Gasteiger charge is 2.17. The zero-order chi connectivity index (χ0) is 13.7. The van der Waals surface area contributed by atoms with Crippen LogP contribution in [0.2, 0.25) is 0 Å². The molecule has 0 aromatic carbocycles. The summed E-state index contributed by atoms with van der Waals surface area (Å²) in [6.45, 7) is 12.1. The van der Waals surface area contributed by atoms with Gasteiger partial charge in [0.15, 0.2) is 0 Å². The van der Waals surface area contributed by atoms with Gasteiger partial charge in [0.2, 0.25) is 0 Å². The van der Waals surface area contributed by atoms with Gasteiger partial charge in [-0.05, 0) is 25.5 Å². The van der Waals surface area contributed by atoms with Crippen molar-refractivity contribution in [3.05, 3.63) is 17.0 Å². The van der Waals surface area contributed by atoms with Crippen LogP contribution in [0.1, 0.15) is 50.2 Å². The summed E-state index contributed by atoms with van der Waals surface area (Å²) in [5, 5.41) is 8.89. The van der Waals surface area contributed by atoms with Gasteiger partial charge in [0.05, 0.1) is 5.69 Å². The van der Waals surface area contributed by atoms with E-state index in [9.17, 15) is 0 Å². The minimum atomic E-state index is 0.437. The summed E-state index contributed by atoms with van der Waals surface area (Å²) >= 11 is 2.01. The third-order valence-electron chi connectivity index (χ3n) is 3.27. The Morgan fingerprint density at radius 1 is 1.33 bits per heavy atom. The van der Waals surface area contributed by atoms with E-state index in [1.807, 2.05) is 23.5 Å². The lowest BCUT2D eigenvalue weighted by atomic mass is 10.0. The maximum atomic E-state index is 4.51. The topological polar surface area (TPSA) is 29.9 Å². The molecule has 0 aliphatic heterocycles. The zero-order valence-electron chi connectivity index (χ0n) is 12.6. The van der Waals surface area contributed by atoms with Crippen LogP contribution in [0, 0.1) is 13.8 Å². The Hall–Kier alpha value is -0.480. The Kier molecular flexibility index (Phi) is 6.22. The molecule has 0 unspecified atom stereocenters. The standard InChI is InChI=1S/C14H27N3S/c1-7-13(15-8-9-18-10(2)3)14-11(4)16-17(6)12(14)5/h10,13,15H,7-9H2,1-6H3/t13-/m1/s1. The Morgan fingerprint density at radius 2 is 2.00 bits per heavy atom. The van der Waals surface area contributed by atoms with Crippen molar-refractivity contribution >= 4 is 11.8 Å². The van der Waals surface area contributed by atoms with Crippen molar-refractivity contribution in [2.75, 3.05) is 12.3 Å². The van der Waals surface area contributed by atoms with E-state index in [-0.39, 0.29) is 0 Å². The number of hydrogen-bond donors (Lipinski definition) is 1. The number of aryl methyl sites for hydroxylation is 2. The second-order valence-electron chi connectivity index (χ2n) is 5.04. The van der Waals surface area contributed by atoms with Gasteiger partial charge in [-0.3, -0.25) is 4.68 Å². The number of rotatable bonds is 7. The Balaban J connectivity index is 2.60. The highest BCUT2D eigenvalue weighted by Crippen LogP contribution is 2.23. The third-order valence-corrected chi connectivity index (χ3v) is 4.37. The SMILES string of the molecule is CC[C@@H](NCCSC(C)C)c1c(C)nn(C)c1C. The van der Waals surface area contributed by atoms with E-state index in [1.165, 1.54) is 17.0 Å². The minimum absolute atomic E-state index is 0.437. The largest absolute Gasteiger partial charge is 0.309 e. The van der Waals surface area contributed by atoms with Crippen molar-refractivity contribution < 1.29 is 0 Å². The molecule has 0 aliphatic rings. The van der Waals surface area contributed by atoms with Crippen LogP contribution >= 0.6 is 11.8 Å². The van der Waals surface area contributed by atoms with Crippen molar-refractivity contribution in [3.63, 3.8) is 0 Å². The van der Waals surface area contributed by atoms with E-state index >= 15 is 0 Å². The lowest BCUT2D eigenvalue weighted by Gasteiger charge is -2.18. The monoisotopic (exact) mass is 269 g/mol. The summed E-state index contributed by atoms with van der Waals surface area (Å²) in [4.78, 5) is 0. The molecule has 1 atom stereocenters. The average Bonchev–Trinajstić information content (AvgIpc) is 2.55. The number of aromatic nitrogens is 2. The summed E-state index contributed by atoms with van der Waals surface area (Å²) in [7, 11) is 2.02. The highest BCUT2D eigenvalue weighted by molar-refractivity contribution is 7.99. The van der Waals surface area contributed by atoms with Gasteiger partial charge in [-0.1, -0.05) is 20.8 Å². The van der Waals surface area contributed by atoms with E-state index in [1.54, 1.807) is 0 Å². The normalized spacial score (nSPS) is 13.3. The molecule has 1 aromatic rings. The van der Waals surface area contributed by atoms with Crippen LogP contribution in [0.3, 0.4) is 0 Å². The van der Waals surface area contributed by atoms with Gasteiger partial charge in [-0.25, -0.2) is 0 Å². The van der Waals surface area contributed by atoms with E-state index in [0.717, 1.165) is 18.7 Å². The van der Waals surface area contributed by atoms with Gasteiger partial charge in [0.1, 0.15) is 0 Å². The van der Waals surface area contributed by atoms with Crippen molar-refractivity contribution in [2.45, 2.75) is 52.3 Å². The van der Waals surface area contributed by atoms with Gasteiger partial charge in [0, 0.05) is 36.6 Å². The van der Waals surface area contributed by atoms with Crippen LogP contribution in [-0.4, -0.2) is 27.3 Å². The molecule has 0 spiro atoms. The van der Waals surface area contributed by atoms with Crippen LogP contribution < -0.4 is 5.32 Å². The van der Waals surface area contributed by atoms with Crippen molar-refractivity contribution in [1.29, 1.82) is 0 Å². The van der Waals surface area contributed by atoms with E-state index in [2.05, 4.69) is 45.0 Å². The van der Waals surface area contributed by atoms with Crippen molar-refractivity contribution in [3.8, 4) is 0 Å². The Bertz CT molecular complexity index is 371. The van der Waals surface area contributed by atoms with Gasteiger partial charge in [-0.2, -0.15) is 16.9 Å². The molecule has 1 rings (SSSR count). The van der Waals surface area contributed by atoms with E-state index in [0.29, 0.717) is 11.3 Å². The van der Waals surface area contributed by atoms with Crippen LogP contribution in [0.5, 0.6) is 0 Å². The molecule has 1 heterocycles. The van der Waals surface area contributed by atoms with Gasteiger partial charge < -0.3 is 5.32 Å². The van der Waals surface area contributed by atoms with E-state index in [4.69, 9.17) is 0 Å². The first-order chi connectivity index (χ1) is 8.47. The maximum Gasteiger partial charge on any atom is 0.0644 e. The molecule has 0 saturated carbocycles.